The quantitative estimate of drug-likeness (QED) is 0.0789. The predicted octanol–water partition coefficient (Wildman–Crippen LogP) is 12.5. The first-order valence-corrected chi connectivity index (χ1v) is 17.5. The third-order valence-corrected chi connectivity index (χ3v) is 11.5. The van der Waals surface area contributed by atoms with E-state index in [4.69, 9.17) is 9.47 Å². The zero-order valence-corrected chi connectivity index (χ0v) is 27.0. The van der Waals surface area contributed by atoms with Crippen molar-refractivity contribution in [1.29, 1.82) is 0 Å². The lowest BCUT2D eigenvalue weighted by molar-refractivity contribution is 0.366. The number of para-hydroxylation sites is 4. The molecule has 2 heterocycles. The Balaban J connectivity index is 0.000000439. The number of halogens is 8. The standard InChI is InChI=1S/C33H32O2S2.2BF4/c1-2-3-4-5-6-15-25(37-32-22-13-9-18-28(32)35-29-19-10-14-23-33(29)37)24-36-30-20-11-7-16-26(30)34-27-17-8-12-21-31(27)36;2*2-1(3,4)5/h7-14,16-24H,2-6,15H2,1H3;;/q+2;2*-1/b25-24+;;. The van der Waals surface area contributed by atoms with Crippen molar-refractivity contribution in [1.82, 2.24) is 0 Å². The predicted molar refractivity (Wildman–Crippen MR) is 176 cm³/mol. The molecule has 4 aromatic rings. The molecule has 0 saturated carbocycles. The van der Waals surface area contributed by atoms with Crippen molar-refractivity contribution in [3.05, 3.63) is 107 Å². The number of rotatable bonds is 8. The Labute approximate surface area is 275 Å². The van der Waals surface area contributed by atoms with Crippen molar-refractivity contribution < 1.29 is 44.0 Å². The molecule has 250 valence electrons. The minimum atomic E-state index is -6.00. The maximum absolute atomic E-state index is 9.75. The number of ether oxygens (including phenoxy) is 2. The molecule has 0 N–H and O–H groups in total. The van der Waals surface area contributed by atoms with Crippen LogP contribution in [0.25, 0.3) is 0 Å². The first kappa shape index (κ1) is 36.3. The number of hydrogen-bond acceptors (Lipinski definition) is 2. The Morgan fingerprint density at radius 1 is 0.532 bits per heavy atom. The highest BCUT2D eigenvalue weighted by molar-refractivity contribution is 8.04. The lowest BCUT2D eigenvalue weighted by Gasteiger charge is -2.22. The lowest BCUT2D eigenvalue weighted by Crippen LogP contribution is -2.16. The van der Waals surface area contributed by atoms with Gasteiger partial charge in [0, 0.05) is 6.42 Å². The molecule has 0 bridgehead atoms. The van der Waals surface area contributed by atoms with Crippen molar-refractivity contribution in [2.75, 3.05) is 0 Å². The van der Waals surface area contributed by atoms with Gasteiger partial charge in [-0.25, -0.2) is 0 Å². The van der Waals surface area contributed by atoms with Gasteiger partial charge in [-0.15, -0.1) is 0 Å². The molecule has 2 aliphatic heterocycles. The summed E-state index contributed by atoms with van der Waals surface area (Å²) in [5.41, 5.74) is 0. The Morgan fingerprint density at radius 3 is 1.28 bits per heavy atom. The molecule has 0 unspecified atom stereocenters. The molecule has 4 aromatic carbocycles. The molecule has 6 rings (SSSR count). The van der Waals surface area contributed by atoms with E-state index in [1.165, 1.54) is 56.6 Å². The summed E-state index contributed by atoms with van der Waals surface area (Å²) in [6.07, 6.45) is 7.45. The van der Waals surface area contributed by atoms with E-state index in [1.807, 2.05) is 0 Å². The third kappa shape index (κ3) is 11.0. The van der Waals surface area contributed by atoms with Crippen LogP contribution in [0.2, 0.25) is 0 Å². The van der Waals surface area contributed by atoms with E-state index in [9.17, 15) is 34.5 Å². The summed E-state index contributed by atoms with van der Waals surface area (Å²) in [6, 6.07) is 34.3. The van der Waals surface area contributed by atoms with Crippen LogP contribution < -0.4 is 9.47 Å². The van der Waals surface area contributed by atoms with Crippen molar-refractivity contribution in [3.63, 3.8) is 0 Å². The number of unbranched alkanes of at least 4 members (excludes halogenated alkanes) is 4. The summed E-state index contributed by atoms with van der Waals surface area (Å²) in [4.78, 5) is 6.62. The number of benzene rings is 4. The zero-order valence-electron chi connectivity index (χ0n) is 25.4. The van der Waals surface area contributed by atoms with Gasteiger partial charge in [-0.3, -0.25) is 0 Å². The number of allylic oxidation sites excluding steroid dienone is 1. The average Bonchev–Trinajstić information content (AvgIpc) is 3.01. The number of fused-ring (bicyclic) bond motifs is 4. The molecule has 0 aliphatic carbocycles. The monoisotopic (exact) mass is 698 g/mol. The molecule has 47 heavy (non-hydrogen) atoms. The highest BCUT2D eigenvalue weighted by Gasteiger charge is 2.44. The van der Waals surface area contributed by atoms with Crippen molar-refractivity contribution in [3.8, 4) is 23.0 Å². The molecule has 0 radical (unpaired) electrons. The third-order valence-electron chi connectivity index (χ3n) is 6.79. The second kappa shape index (κ2) is 16.5. The van der Waals surface area contributed by atoms with Crippen LogP contribution in [0.15, 0.2) is 127 Å². The minimum absolute atomic E-state index is 0.193. The summed E-state index contributed by atoms with van der Waals surface area (Å²) in [5.74, 6) is 3.91. The van der Waals surface area contributed by atoms with Crippen molar-refractivity contribution in [2.24, 2.45) is 0 Å². The molecule has 0 amide bonds. The normalized spacial score (nSPS) is 14.0. The summed E-state index contributed by atoms with van der Waals surface area (Å²) in [7, 11) is -12.4. The molecule has 2 aliphatic rings. The largest absolute Gasteiger partial charge is 0.673 e. The first-order valence-electron chi connectivity index (χ1n) is 15.0. The summed E-state index contributed by atoms with van der Waals surface area (Å²) < 4.78 is 90.7. The van der Waals surface area contributed by atoms with Crippen LogP contribution in [0.4, 0.5) is 34.5 Å². The van der Waals surface area contributed by atoms with Gasteiger partial charge in [0.2, 0.25) is 19.6 Å². The van der Waals surface area contributed by atoms with Gasteiger partial charge in [0.25, 0.3) is 0 Å². The fourth-order valence-corrected chi connectivity index (χ4v) is 9.82. The van der Waals surface area contributed by atoms with Gasteiger partial charge in [0.1, 0.15) is 21.8 Å². The van der Waals surface area contributed by atoms with Gasteiger partial charge in [-0.05, 0) is 55.0 Å². The van der Waals surface area contributed by atoms with Crippen LogP contribution in [-0.4, -0.2) is 14.5 Å². The van der Waals surface area contributed by atoms with E-state index in [0.717, 1.165) is 29.4 Å². The van der Waals surface area contributed by atoms with Crippen LogP contribution in [0.3, 0.4) is 0 Å². The van der Waals surface area contributed by atoms with Gasteiger partial charge >= 0.3 is 14.5 Å². The molecule has 14 heteroatoms. The van der Waals surface area contributed by atoms with E-state index in [2.05, 4.69) is 109 Å². The average molecular weight is 698 g/mol. The van der Waals surface area contributed by atoms with E-state index < -0.39 is 14.5 Å². The molecule has 0 saturated heterocycles. The van der Waals surface area contributed by atoms with E-state index >= 15 is 0 Å². The second-order valence-electron chi connectivity index (χ2n) is 10.4. The molecular weight excluding hydrogens is 666 g/mol. The van der Waals surface area contributed by atoms with Gasteiger partial charge in [-0.1, -0.05) is 81.1 Å². The lowest BCUT2D eigenvalue weighted by atomic mass is 10.1. The van der Waals surface area contributed by atoms with Crippen LogP contribution >= 0.6 is 0 Å². The number of hydrogen-bond donors (Lipinski definition) is 0. The van der Waals surface area contributed by atoms with Crippen LogP contribution in [0.1, 0.15) is 45.4 Å². The smallest absolute Gasteiger partial charge is 0.447 e. The highest BCUT2D eigenvalue weighted by Crippen LogP contribution is 2.50. The molecular formula is C33H32B2F8O2S2. The zero-order chi connectivity index (χ0) is 34.0. The fraction of sp³-hybridized carbons (Fsp3) is 0.212. The maximum atomic E-state index is 9.75. The van der Waals surface area contributed by atoms with Gasteiger partial charge in [0.05, 0.1) is 0 Å². The highest BCUT2D eigenvalue weighted by atomic mass is 32.2. The van der Waals surface area contributed by atoms with Gasteiger partial charge in [-0.2, -0.15) is 0 Å². The summed E-state index contributed by atoms with van der Waals surface area (Å²) in [6.45, 7) is 2.28. The van der Waals surface area contributed by atoms with E-state index in [-0.39, 0.29) is 21.8 Å². The van der Waals surface area contributed by atoms with Crippen LogP contribution in [0, 0.1) is 0 Å². The first-order chi connectivity index (χ1) is 22.3. The maximum Gasteiger partial charge on any atom is 0.673 e. The van der Waals surface area contributed by atoms with Gasteiger partial charge in [0.15, 0.2) is 33.3 Å². The molecule has 0 aromatic heterocycles. The summed E-state index contributed by atoms with van der Waals surface area (Å²) >= 11 is 0. The van der Waals surface area contributed by atoms with E-state index in [1.54, 1.807) is 0 Å². The molecule has 0 atom stereocenters. The van der Waals surface area contributed by atoms with Crippen LogP contribution in [-0.2, 0) is 21.8 Å². The second-order valence-corrected chi connectivity index (χ2v) is 14.2. The Morgan fingerprint density at radius 2 is 0.872 bits per heavy atom. The fourth-order valence-electron chi connectivity index (χ4n) is 4.97. The molecule has 0 spiro atoms. The van der Waals surface area contributed by atoms with E-state index in [0.29, 0.717) is 0 Å². The minimum Gasteiger partial charge on any atom is -0.447 e. The Bertz CT molecular complexity index is 1530. The SMILES string of the molecule is CCCCCCC/C(=C\[S+]1c2ccccc2Oc2ccccc21)[S+]1c2ccccc2Oc2ccccc21.F[B-](F)(F)F.F[B-](F)(F)F. The summed E-state index contributed by atoms with van der Waals surface area (Å²) in [5, 5.41) is 2.59. The van der Waals surface area contributed by atoms with Gasteiger partial charge < -0.3 is 44.0 Å². The Hall–Kier alpha value is -3.51. The molecule has 0 fully saturated rings. The molecule has 2 nitrogen and oxygen atoms in total. The van der Waals surface area contributed by atoms with Crippen molar-refractivity contribution in [2.45, 2.75) is 65.0 Å². The van der Waals surface area contributed by atoms with Crippen molar-refractivity contribution >= 4 is 36.3 Å². The van der Waals surface area contributed by atoms with Crippen LogP contribution in [0.5, 0.6) is 23.0 Å². The topological polar surface area (TPSA) is 18.5 Å². The Kier molecular flexibility index (Phi) is 12.8.